The quantitative estimate of drug-likeness (QED) is 0.854. The maximum absolute atomic E-state index is 12.7. The monoisotopic (exact) mass is 330 g/mol. The number of carbonyl (C=O) groups is 2. The summed E-state index contributed by atoms with van der Waals surface area (Å²) in [6.45, 7) is 9.91. The first-order chi connectivity index (χ1) is 11.2. The number of rotatable bonds is 3. The molecule has 1 aliphatic heterocycles. The second-order valence-electron chi connectivity index (χ2n) is 8.00. The fourth-order valence-electron chi connectivity index (χ4n) is 3.16. The predicted octanol–water partition coefficient (Wildman–Crippen LogP) is 3.24. The minimum atomic E-state index is -0.348. The topological polar surface area (TPSA) is 40.6 Å². The molecule has 4 heteroatoms. The van der Waals surface area contributed by atoms with E-state index in [0.29, 0.717) is 19.6 Å². The number of benzene rings is 1. The Balaban J connectivity index is 1.88. The van der Waals surface area contributed by atoms with Crippen molar-refractivity contribution in [2.24, 2.45) is 11.3 Å². The summed E-state index contributed by atoms with van der Waals surface area (Å²) in [6, 6.07) is 8.29. The lowest BCUT2D eigenvalue weighted by Crippen LogP contribution is -2.46. The predicted molar refractivity (Wildman–Crippen MR) is 96.4 cm³/mol. The Morgan fingerprint density at radius 1 is 1.12 bits per heavy atom. The molecule has 0 aromatic heterocycles. The van der Waals surface area contributed by atoms with Gasteiger partial charge in [-0.3, -0.25) is 9.59 Å². The minimum absolute atomic E-state index is 0.0319. The van der Waals surface area contributed by atoms with Crippen LogP contribution < -0.4 is 0 Å². The van der Waals surface area contributed by atoms with Crippen molar-refractivity contribution in [2.75, 3.05) is 20.1 Å². The van der Waals surface area contributed by atoms with E-state index in [2.05, 4.69) is 31.2 Å². The van der Waals surface area contributed by atoms with Gasteiger partial charge >= 0.3 is 0 Å². The van der Waals surface area contributed by atoms with Gasteiger partial charge in [0.15, 0.2) is 0 Å². The number of nitrogens with zero attached hydrogens (tertiary/aromatic N) is 2. The van der Waals surface area contributed by atoms with Crippen molar-refractivity contribution in [2.45, 2.75) is 47.1 Å². The van der Waals surface area contributed by atoms with E-state index in [1.54, 1.807) is 0 Å². The summed E-state index contributed by atoms with van der Waals surface area (Å²) < 4.78 is 0. The molecule has 0 spiro atoms. The van der Waals surface area contributed by atoms with Crippen molar-refractivity contribution in [1.29, 1.82) is 0 Å². The van der Waals surface area contributed by atoms with Crippen LogP contribution in [0.4, 0.5) is 0 Å². The van der Waals surface area contributed by atoms with Gasteiger partial charge in [-0.15, -0.1) is 0 Å². The van der Waals surface area contributed by atoms with Crippen molar-refractivity contribution in [3.05, 3.63) is 35.4 Å². The van der Waals surface area contributed by atoms with Gasteiger partial charge in [-0.05, 0) is 25.3 Å². The SMILES string of the molecule is Cc1ccc(CN(C)C(=O)C2CCN(C(=O)C(C)(C)C)CC2)cc1. The fraction of sp³-hybridized carbons (Fsp3) is 0.600. The van der Waals surface area contributed by atoms with E-state index in [9.17, 15) is 9.59 Å². The van der Waals surface area contributed by atoms with E-state index in [1.165, 1.54) is 5.56 Å². The number of likely N-dealkylation sites (tertiary alicyclic amines) is 1. The van der Waals surface area contributed by atoms with Crippen LogP contribution in [0.5, 0.6) is 0 Å². The third kappa shape index (κ3) is 4.59. The van der Waals surface area contributed by atoms with Crippen molar-refractivity contribution in [1.82, 2.24) is 9.80 Å². The van der Waals surface area contributed by atoms with Crippen molar-refractivity contribution in [3.8, 4) is 0 Å². The van der Waals surface area contributed by atoms with Crippen molar-refractivity contribution in [3.63, 3.8) is 0 Å². The molecule has 0 aliphatic carbocycles. The Bertz CT molecular complexity index is 579. The Kier molecular flexibility index (Phi) is 5.68. The lowest BCUT2D eigenvalue weighted by Gasteiger charge is -2.36. The molecule has 24 heavy (non-hydrogen) atoms. The van der Waals surface area contributed by atoms with Crippen LogP contribution in [0.25, 0.3) is 0 Å². The van der Waals surface area contributed by atoms with Crippen molar-refractivity contribution < 1.29 is 9.59 Å². The standard InChI is InChI=1S/C20H30N2O2/c1-15-6-8-16(9-7-15)14-21(5)18(23)17-10-12-22(13-11-17)19(24)20(2,3)4/h6-9,17H,10-14H2,1-5H3. The summed E-state index contributed by atoms with van der Waals surface area (Å²) in [7, 11) is 1.87. The molecule has 132 valence electrons. The number of carbonyl (C=O) groups excluding carboxylic acids is 2. The molecule has 0 atom stereocenters. The number of aryl methyl sites for hydroxylation is 1. The summed E-state index contributed by atoms with van der Waals surface area (Å²) in [6.07, 6.45) is 1.53. The first kappa shape index (κ1) is 18.5. The molecule has 4 nitrogen and oxygen atoms in total. The smallest absolute Gasteiger partial charge is 0.227 e. The molecule has 1 aromatic rings. The molecule has 2 rings (SSSR count). The van der Waals surface area contributed by atoms with Crippen LogP contribution in [0.3, 0.4) is 0 Å². The van der Waals surface area contributed by atoms with Gasteiger partial charge in [0, 0.05) is 38.0 Å². The molecular weight excluding hydrogens is 300 g/mol. The molecule has 1 aliphatic rings. The van der Waals surface area contributed by atoms with Crippen LogP contribution in [0.1, 0.15) is 44.7 Å². The lowest BCUT2D eigenvalue weighted by molar-refractivity contribution is -0.144. The zero-order valence-electron chi connectivity index (χ0n) is 15.6. The zero-order valence-corrected chi connectivity index (χ0v) is 15.6. The highest BCUT2D eigenvalue weighted by molar-refractivity contribution is 5.82. The molecule has 1 heterocycles. The molecule has 0 saturated carbocycles. The van der Waals surface area contributed by atoms with Crippen LogP contribution in [-0.4, -0.2) is 41.8 Å². The number of piperidine rings is 1. The van der Waals surface area contributed by atoms with Crippen molar-refractivity contribution >= 4 is 11.8 Å². The minimum Gasteiger partial charge on any atom is -0.342 e. The Morgan fingerprint density at radius 3 is 2.17 bits per heavy atom. The van der Waals surface area contributed by atoms with Gasteiger partial charge in [-0.2, -0.15) is 0 Å². The molecule has 1 fully saturated rings. The summed E-state index contributed by atoms with van der Waals surface area (Å²) in [5.74, 6) is 0.407. The fourth-order valence-corrected chi connectivity index (χ4v) is 3.16. The molecule has 0 radical (unpaired) electrons. The highest BCUT2D eigenvalue weighted by Gasteiger charge is 2.33. The zero-order chi connectivity index (χ0) is 17.9. The number of hydrogen-bond acceptors (Lipinski definition) is 2. The van der Waals surface area contributed by atoms with Gasteiger partial charge in [0.05, 0.1) is 0 Å². The van der Waals surface area contributed by atoms with E-state index in [-0.39, 0.29) is 23.1 Å². The van der Waals surface area contributed by atoms with Gasteiger partial charge < -0.3 is 9.80 Å². The Morgan fingerprint density at radius 2 is 1.67 bits per heavy atom. The third-order valence-electron chi connectivity index (χ3n) is 4.69. The second kappa shape index (κ2) is 7.37. The van der Waals surface area contributed by atoms with Gasteiger partial charge in [0.2, 0.25) is 11.8 Å². The average Bonchev–Trinajstić information content (AvgIpc) is 2.55. The summed E-state index contributed by atoms with van der Waals surface area (Å²) >= 11 is 0. The lowest BCUT2D eigenvalue weighted by atomic mass is 9.90. The van der Waals surface area contributed by atoms with Crippen LogP contribution in [0.2, 0.25) is 0 Å². The van der Waals surface area contributed by atoms with Crippen LogP contribution >= 0.6 is 0 Å². The number of hydrogen-bond donors (Lipinski definition) is 0. The van der Waals surface area contributed by atoms with E-state index in [0.717, 1.165) is 18.4 Å². The van der Waals surface area contributed by atoms with Gasteiger partial charge in [-0.1, -0.05) is 50.6 Å². The Labute approximate surface area is 145 Å². The molecule has 0 unspecified atom stereocenters. The molecule has 1 saturated heterocycles. The average molecular weight is 330 g/mol. The first-order valence-corrected chi connectivity index (χ1v) is 8.78. The Hall–Kier alpha value is -1.84. The van der Waals surface area contributed by atoms with E-state index in [1.807, 2.05) is 37.6 Å². The van der Waals surface area contributed by atoms with Gasteiger partial charge in [-0.25, -0.2) is 0 Å². The summed E-state index contributed by atoms with van der Waals surface area (Å²) in [5.41, 5.74) is 2.03. The van der Waals surface area contributed by atoms with E-state index < -0.39 is 0 Å². The highest BCUT2D eigenvalue weighted by Crippen LogP contribution is 2.25. The van der Waals surface area contributed by atoms with Crippen LogP contribution in [0.15, 0.2) is 24.3 Å². The van der Waals surface area contributed by atoms with E-state index >= 15 is 0 Å². The first-order valence-electron chi connectivity index (χ1n) is 8.78. The maximum Gasteiger partial charge on any atom is 0.227 e. The van der Waals surface area contributed by atoms with E-state index in [4.69, 9.17) is 0 Å². The van der Waals surface area contributed by atoms with Gasteiger partial charge in [0.25, 0.3) is 0 Å². The third-order valence-corrected chi connectivity index (χ3v) is 4.69. The van der Waals surface area contributed by atoms with Gasteiger partial charge in [0.1, 0.15) is 0 Å². The molecule has 0 bridgehead atoms. The number of amides is 2. The van der Waals surface area contributed by atoms with Crippen LogP contribution in [-0.2, 0) is 16.1 Å². The summed E-state index contributed by atoms with van der Waals surface area (Å²) in [4.78, 5) is 28.7. The second-order valence-corrected chi connectivity index (χ2v) is 8.00. The maximum atomic E-state index is 12.7. The molecule has 0 N–H and O–H groups in total. The summed E-state index contributed by atoms with van der Waals surface area (Å²) in [5, 5.41) is 0. The normalized spacial score (nSPS) is 16.1. The molecule has 2 amide bonds. The molecular formula is C20H30N2O2. The molecule has 1 aromatic carbocycles. The van der Waals surface area contributed by atoms with Crippen LogP contribution in [0, 0.1) is 18.3 Å². The largest absolute Gasteiger partial charge is 0.342 e. The highest BCUT2D eigenvalue weighted by atomic mass is 16.2.